The van der Waals surface area contributed by atoms with E-state index in [1.54, 1.807) is 0 Å². The molecule has 0 saturated carbocycles. The maximum Gasteiger partial charge on any atom is 0.270 e. The first-order chi connectivity index (χ1) is 10.3. The summed E-state index contributed by atoms with van der Waals surface area (Å²) in [6, 6.07) is 8.31. The van der Waals surface area contributed by atoms with Crippen LogP contribution in [-0.4, -0.2) is 19.1 Å². The Kier molecular flexibility index (Phi) is 1.83. The number of aromatic nitrogens is 5. The van der Waals surface area contributed by atoms with Crippen molar-refractivity contribution in [3.63, 3.8) is 0 Å². The zero-order valence-corrected chi connectivity index (χ0v) is 11.9. The van der Waals surface area contributed by atoms with E-state index in [4.69, 9.17) is 0 Å². The number of imidazole rings is 1. The Hall–Kier alpha value is -2.69. The number of fused-ring (bicyclic) bond motifs is 7. The minimum atomic E-state index is 0.830. The summed E-state index contributed by atoms with van der Waals surface area (Å²) in [7, 11) is 4.20. The van der Waals surface area contributed by atoms with Gasteiger partial charge >= 0.3 is 0 Å². The van der Waals surface area contributed by atoms with Gasteiger partial charge in [0.25, 0.3) is 5.65 Å². The molecule has 5 nitrogen and oxygen atoms in total. The van der Waals surface area contributed by atoms with Gasteiger partial charge in [0.05, 0.1) is 30.7 Å². The van der Waals surface area contributed by atoms with Crippen molar-refractivity contribution < 1.29 is 4.57 Å². The third-order valence-electron chi connectivity index (χ3n) is 4.49. The molecule has 21 heavy (non-hydrogen) atoms. The third-order valence-corrected chi connectivity index (χ3v) is 4.49. The first-order valence-electron chi connectivity index (χ1n) is 7.03. The first kappa shape index (κ1) is 11.0. The van der Waals surface area contributed by atoms with Crippen LogP contribution in [0.25, 0.3) is 33.6 Å². The molecule has 102 valence electrons. The van der Waals surface area contributed by atoms with Crippen molar-refractivity contribution in [3.05, 3.63) is 42.4 Å². The van der Waals surface area contributed by atoms with Crippen LogP contribution in [0.15, 0.2) is 36.7 Å². The Morgan fingerprint density at radius 1 is 1.14 bits per heavy atom. The van der Waals surface area contributed by atoms with Crippen molar-refractivity contribution in [2.75, 3.05) is 0 Å². The van der Waals surface area contributed by atoms with Crippen molar-refractivity contribution in [1.29, 1.82) is 0 Å². The molecule has 1 aliphatic heterocycles. The Labute approximate surface area is 121 Å². The lowest BCUT2D eigenvalue weighted by molar-refractivity contribution is -0.636. The molecule has 5 heterocycles. The van der Waals surface area contributed by atoms with E-state index >= 15 is 0 Å². The Morgan fingerprint density at radius 3 is 2.86 bits per heavy atom. The molecule has 0 radical (unpaired) electrons. The maximum atomic E-state index is 4.53. The van der Waals surface area contributed by atoms with Gasteiger partial charge in [-0.3, -0.25) is 4.98 Å². The number of hydrogen-bond donors (Lipinski definition) is 0. The van der Waals surface area contributed by atoms with E-state index in [2.05, 4.69) is 49.9 Å². The average Bonchev–Trinajstić information content (AvgIpc) is 3.11. The van der Waals surface area contributed by atoms with Crippen LogP contribution in [0, 0.1) is 0 Å². The minimum Gasteiger partial charge on any atom is -0.257 e. The molecule has 0 spiro atoms. The minimum absolute atomic E-state index is 0.830. The number of nitrogens with zero attached hydrogens (tertiary/aromatic N) is 5. The van der Waals surface area contributed by atoms with Crippen LogP contribution in [0.3, 0.4) is 0 Å². The Balaban J connectivity index is 2.03. The largest absolute Gasteiger partial charge is 0.270 e. The molecule has 1 aliphatic rings. The van der Waals surface area contributed by atoms with Crippen molar-refractivity contribution in [2.24, 2.45) is 14.1 Å². The highest BCUT2D eigenvalue weighted by molar-refractivity contribution is 6.03. The van der Waals surface area contributed by atoms with Crippen molar-refractivity contribution in [1.82, 2.24) is 19.1 Å². The molecule has 4 aromatic rings. The molecule has 0 N–H and O–H groups in total. The highest BCUT2D eigenvalue weighted by Crippen LogP contribution is 2.35. The maximum absolute atomic E-state index is 4.53. The molecule has 0 fully saturated rings. The molecule has 0 saturated heterocycles. The van der Waals surface area contributed by atoms with E-state index < -0.39 is 0 Å². The van der Waals surface area contributed by atoms with Gasteiger partial charge in [0, 0.05) is 12.4 Å². The number of aryl methyl sites for hydroxylation is 2. The third kappa shape index (κ3) is 1.15. The first-order valence-corrected chi connectivity index (χ1v) is 7.03. The lowest BCUT2D eigenvalue weighted by Crippen LogP contribution is -2.31. The molecule has 0 aromatic carbocycles. The Morgan fingerprint density at radius 2 is 1.95 bits per heavy atom. The summed E-state index contributed by atoms with van der Waals surface area (Å²) in [5.74, 6) is 1.23. The second-order valence-electron chi connectivity index (χ2n) is 5.57. The van der Waals surface area contributed by atoms with Crippen molar-refractivity contribution in [3.8, 4) is 11.4 Å². The molecule has 0 bridgehead atoms. The van der Waals surface area contributed by atoms with Gasteiger partial charge in [-0.15, -0.1) is 0 Å². The van der Waals surface area contributed by atoms with Gasteiger partial charge in [0.1, 0.15) is 6.54 Å². The topological polar surface area (TPSA) is 39.5 Å². The van der Waals surface area contributed by atoms with Crippen LogP contribution in [0.2, 0.25) is 0 Å². The number of pyridine rings is 2. The Bertz CT molecular complexity index is 1040. The van der Waals surface area contributed by atoms with Gasteiger partial charge in [0.15, 0.2) is 5.52 Å². The van der Waals surface area contributed by atoms with E-state index in [1.807, 2.05) is 24.5 Å². The lowest BCUT2D eigenvalue weighted by Gasteiger charge is -1.97. The summed E-state index contributed by atoms with van der Waals surface area (Å²) in [5.41, 5.74) is 5.85. The fourth-order valence-corrected chi connectivity index (χ4v) is 3.66. The van der Waals surface area contributed by atoms with E-state index in [0.717, 1.165) is 17.9 Å². The predicted octanol–water partition coefficient (Wildman–Crippen LogP) is 1.78. The highest BCUT2D eigenvalue weighted by atomic mass is 15.3. The molecule has 0 unspecified atom stereocenters. The molecule has 0 aliphatic carbocycles. The monoisotopic (exact) mass is 276 g/mol. The SMILES string of the molecule is Cn1c2ncccc2c2c1[n+](C)c1n2Cc2ncccc2-1. The van der Waals surface area contributed by atoms with Crippen molar-refractivity contribution in [2.45, 2.75) is 6.54 Å². The quantitative estimate of drug-likeness (QED) is 0.404. The zero-order chi connectivity index (χ0) is 14.1. The predicted molar refractivity (Wildman–Crippen MR) is 79.7 cm³/mol. The van der Waals surface area contributed by atoms with Crippen LogP contribution >= 0.6 is 0 Å². The van der Waals surface area contributed by atoms with Crippen LogP contribution in [0.1, 0.15) is 5.69 Å². The molecular weight excluding hydrogens is 262 g/mol. The molecule has 4 aromatic heterocycles. The second kappa shape index (κ2) is 3.49. The van der Waals surface area contributed by atoms with E-state index in [0.29, 0.717) is 0 Å². The number of rotatable bonds is 0. The fourth-order valence-electron chi connectivity index (χ4n) is 3.66. The molecule has 5 rings (SSSR count). The van der Waals surface area contributed by atoms with E-state index in [-0.39, 0.29) is 0 Å². The van der Waals surface area contributed by atoms with Crippen LogP contribution in [0.4, 0.5) is 0 Å². The molecular formula is C16H14N5+. The van der Waals surface area contributed by atoms with Gasteiger partial charge in [0.2, 0.25) is 11.5 Å². The lowest BCUT2D eigenvalue weighted by atomic mass is 10.2. The van der Waals surface area contributed by atoms with Crippen LogP contribution in [0.5, 0.6) is 0 Å². The van der Waals surface area contributed by atoms with Gasteiger partial charge in [-0.1, -0.05) is 0 Å². The van der Waals surface area contributed by atoms with Crippen molar-refractivity contribution >= 4 is 22.2 Å². The summed E-state index contributed by atoms with van der Waals surface area (Å²) >= 11 is 0. The van der Waals surface area contributed by atoms with Crippen LogP contribution < -0.4 is 4.57 Å². The summed E-state index contributed by atoms with van der Waals surface area (Å²) in [6.07, 6.45) is 3.72. The van der Waals surface area contributed by atoms with E-state index in [1.165, 1.54) is 27.9 Å². The van der Waals surface area contributed by atoms with Gasteiger partial charge in [-0.2, -0.15) is 0 Å². The number of hydrogen-bond acceptors (Lipinski definition) is 2. The van der Waals surface area contributed by atoms with E-state index in [9.17, 15) is 0 Å². The normalized spacial score (nSPS) is 13.0. The molecule has 0 atom stereocenters. The second-order valence-corrected chi connectivity index (χ2v) is 5.57. The standard InChI is InChI=1S/C16H14N5/c1-19-14-11(6-4-8-18-14)13-16(19)20(2)15-10-5-3-7-17-12(10)9-21(13)15/h3-8H,9H2,1-2H3/q+1. The fraction of sp³-hybridized carbons (Fsp3) is 0.188. The smallest absolute Gasteiger partial charge is 0.257 e. The molecule has 0 amide bonds. The van der Waals surface area contributed by atoms with Crippen LogP contribution in [-0.2, 0) is 20.6 Å². The van der Waals surface area contributed by atoms with Gasteiger partial charge in [-0.05, 0) is 24.3 Å². The zero-order valence-electron chi connectivity index (χ0n) is 11.9. The summed E-state index contributed by atoms with van der Waals surface area (Å²) in [4.78, 5) is 9.05. The summed E-state index contributed by atoms with van der Waals surface area (Å²) < 4.78 is 6.79. The molecule has 5 heteroatoms. The van der Waals surface area contributed by atoms with Gasteiger partial charge < -0.3 is 0 Å². The average molecular weight is 276 g/mol. The van der Waals surface area contributed by atoms with Gasteiger partial charge in [-0.25, -0.2) is 18.7 Å². The summed E-state index contributed by atoms with van der Waals surface area (Å²) in [6.45, 7) is 0.830. The summed E-state index contributed by atoms with van der Waals surface area (Å²) in [5, 5.41) is 1.20. The highest BCUT2D eigenvalue weighted by Gasteiger charge is 2.34.